The summed E-state index contributed by atoms with van der Waals surface area (Å²) in [5.41, 5.74) is -0.685. The lowest BCUT2D eigenvalue weighted by Crippen LogP contribution is -2.54. The molecule has 0 aromatic carbocycles. The first-order valence-electron chi connectivity index (χ1n) is 5.33. The Morgan fingerprint density at radius 3 is 2.19 bits per heavy atom. The van der Waals surface area contributed by atoms with Crippen molar-refractivity contribution in [2.75, 3.05) is 33.3 Å². The van der Waals surface area contributed by atoms with Gasteiger partial charge in [-0.05, 0) is 26.9 Å². The predicted molar refractivity (Wildman–Crippen MR) is 57.3 cm³/mol. The Morgan fingerprint density at radius 1 is 1.25 bits per heavy atom. The molecule has 3 nitrogen and oxygen atoms in total. The number of alkyl halides is 3. The van der Waals surface area contributed by atoms with Gasteiger partial charge in [0, 0.05) is 6.54 Å². The molecule has 0 aliphatic heterocycles. The van der Waals surface area contributed by atoms with Gasteiger partial charge in [-0.25, -0.2) is 0 Å². The zero-order valence-electron chi connectivity index (χ0n) is 10.1. The van der Waals surface area contributed by atoms with E-state index in [0.717, 1.165) is 6.42 Å². The van der Waals surface area contributed by atoms with Crippen molar-refractivity contribution in [1.29, 1.82) is 0 Å². The zero-order chi connectivity index (χ0) is 12.8. The van der Waals surface area contributed by atoms with E-state index in [2.05, 4.69) is 5.32 Å². The molecule has 2 N–H and O–H groups in total. The standard InChI is InChI=1S/C10H21F3N2O/c1-4-5-14-9(2,8-16)6-15(3)7-10(11,12)13/h14,16H,4-8H2,1-3H3. The SMILES string of the molecule is CCCNC(C)(CO)CN(C)CC(F)(F)F. The number of likely N-dealkylation sites (N-methyl/N-ethyl adjacent to an activating group) is 1. The maximum absolute atomic E-state index is 12.1. The van der Waals surface area contributed by atoms with Crippen molar-refractivity contribution in [3.8, 4) is 0 Å². The van der Waals surface area contributed by atoms with Crippen LogP contribution in [0.2, 0.25) is 0 Å². The van der Waals surface area contributed by atoms with E-state index in [1.807, 2.05) is 6.92 Å². The van der Waals surface area contributed by atoms with E-state index in [1.165, 1.54) is 11.9 Å². The van der Waals surface area contributed by atoms with E-state index in [-0.39, 0.29) is 13.2 Å². The highest BCUT2D eigenvalue weighted by atomic mass is 19.4. The van der Waals surface area contributed by atoms with E-state index >= 15 is 0 Å². The highest BCUT2D eigenvalue weighted by molar-refractivity contribution is 4.85. The summed E-state index contributed by atoms with van der Waals surface area (Å²) < 4.78 is 36.3. The third-order valence-electron chi connectivity index (χ3n) is 2.22. The second kappa shape index (κ2) is 6.42. The largest absolute Gasteiger partial charge is 0.401 e. The minimum atomic E-state index is -4.20. The van der Waals surface area contributed by atoms with Crippen LogP contribution in [0.3, 0.4) is 0 Å². The first-order chi connectivity index (χ1) is 7.22. The van der Waals surface area contributed by atoms with Crippen LogP contribution in [0.1, 0.15) is 20.3 Å². The number of nitrogens with zero attached hydrogens (tertiary/aromatic N) is 1. The van der Waals surface area contributed by atoms with Crippen molar-refractivity contribution < 1.29 is 18.3 Å². The molecule has 0 rings (SSSR count). The molecule has 0 bridgehead atoms. The number of nitrogens with one attached hydrogen (secondary N) is 1. The average molecular weight is 242 g/mol. The normalized spacial score (nSPS) is 16.5. The molecule has 6 heteroatoms. The summed E-state index contributed by atoms with van der Waals surface area (Å²) >= 11 is 0. The van der Waals surface area contributed by atoms with Crippen LogP contribution in [-0.4, -0.2) is 55.0 Å². The Kier molecular flexibility index (Phi) is 6.28. The van der Waals surface area contributed by atoms with Gasteiger partial charge < -0.3 is 10.4 Å². The van der Waals surface area contributed by atoms with Gasteiger partial charge in [0.2, 0.25) is 0 Å². The molecule has 0 aliphatic carbocycles. The molecule has 0 aromatic rings. The van der Waals surface area contributed by atoms with Crippen molar-refractivity contribution in [3.05, 3.63) is 0 Å². The van der Waals surface area contributed by atoms with Gasteiger partial charge >= 0.3 is 6.18 Å². The van der Waals surface area contributed by atoms with E-state index < -0.39 is 18.3 Å². The van der Waals surface area contributed by atoms with E-state index in [1.54, 1.807) is 6.92 Å². The number of aliphatic hydroxyl groups excluding tert-OH is 1. The van der Waals surface area contributed by atoms with E-state index in [9.17, 15) is 18.3 Å². The molecular formula is C10H21F3N2O. The first kappa shape index (κ1) is 15.7. The smallest absolute Gasteiger partial charge is 0.394 e. The van der Waals surface area contributed by atoms with Crippen LogP contribution >= 0.6 is 0 Å². The van der Waals surface area contributed by atoms with Crippen LogP contribution in [0.5, 0.6) is 0 Å². The number of aliphatic hydroxyl groups is 1. The van der Waals surface area contributed by atoms with Gasteiger partial charge in [-0.1, -0.05) is 6.92 Å². The molecule has 1 atom stereocenters. The minimum absolute atomic E-state index is 0.156. The quantitative estimate of drug-likeness (QED) is 0.705. The van der Waals surface area contributed by atoms with Crippen LogP contribution < -0.4 is 5.32 Å². The Hall–Kier alpha value is -0.330. The van der Waals surface area contributed by atoms with Crippen LogP contribution in [0.25, 0.3) is 0 Å². The Bertz CT molecular complexity index is 199. The molecule has 0 saturated carbocycles. The summed E-state index contributed by atoms with van der Waals surface area (Å²) in [5.74, 6) is 0. The fraction of sp³-hybridized carbons (Fsp3) is 1.00. The summed E-state index contributed by atoms with van der Waals surface area (Å²) in [6.07, 6.45) is -3.32. The van der Waals surface area contributed by atoms with Crippen LogP contribution in [-0.2, 0) is 0 Å². The lowest BCUT2D eigenvalue weighted by atomic mass is 10.0. The van der Waals surface area contributed by atoms with Crippen molar-refractivity contribution in [2.24, 2.45) is 0 Å². The van der Waals surface area contributed by atoms with Crippen molar-refractivity contribution in [2.45, 2.75) is 32.0 Å². The van der Waals surface area contributed by atoms with Crippen LogP contribution in [0.4, 0.5) is 13.2 Å². The second-order valence-electron chi connectivity index (χ2n) is 4.43. The first-order valence-corrected chi connectivity index (χ1v) is 5.33. The van der Waals surface area contributed by atoms with Crippen molar-refractivity contribution in [1.82, 2.24) is 10.2 Å². The Labute approximate surface area is 94.6 Å². The van der Waals surface area contributed by atoms with Gasteiger partial charge in [0.1, 0.15) is 0 Å². The van der Waals surface area contributed by atoms with E-state index in [0.29, 0.717) is 6.54 Å². The van der Waals surface area contributed by atoms with Gasteiger partial charge in [-0.15, -0.1) is 0 Å². The van der Waals surface area contributed by atoms with Crippen molar-refractivity contribution >= 4 is 0 Å². The molecule has 1 unspecified atom stereocenters. The molecule has 0 fully saturated rings. The molecule has 16 heavy (non-hydrogen) atoms. The Morgan fingerprint density at radius 2 is 1.81 bits per heavy atom. The summed E-state index contributed by atoms with van der Waals surface area (Å²) in [6.45, 7) is 3.37. The summed E-state index contributed by atoms with van der Waals surface area (Å²) in [5, 5.41) is 12.2. The average Bonchev–Trinajstić information content (AvgIpc) is 2.11. The molecule has 0 aliphatic rings. The molecule has 0 aromatic heterocycles. The third-order valence-corrected chi connectivity index (χ3v) is 2.22. The van der Waals surface area contributed by atoms with Crippen molar-refractivity contribution in [3.63, 3.8) is 0 Å². The summed E-state index contributed by atoms with van der Waals surface area (Å²) in [7, 11) is 1.40. The fourth-order valence-electron chi connectivity index (χ4n) is 1.55. The van der Waals surface area contributed by atoms with Crippen LogP contribution in [0, 0.1) is 0 Å². The number of rotatable bonds is 7. The molecule has 0 heterocycles. The number of hydrogen-bond donors (Lipinski definition) is 2. The molecule has 0 amide bonds. The monoisotopic (exact) mass is 242 g/mol. The van der Waals surface area contributed by atoms with Gasteiger partial charge in [0.25, 0.3) is 0 Å². The topological polar surface area (TPSA) is 35.5 Å². The minimum Gasteiger partial charge on any atom is -0.394 e. The lowest BCUT2D eigenvalue weighted by molar-refractivity contribution is -0.145. The number of halogens is 3. The van der Waals surface area contributed by atoms with Gasteiger partial charge in [0.05, 0.1) is 18.7 Å². The maximum atomic E-state index is 12.1. The van der Waals surface area contributed by atoms with Gasteiger partial charge in [-0.3, -0.25) is 4.90 Å². The molecular weight excluding hydrogens is 221 g/mol. The summed E-state index contributed by atoms with van der Waals surface area (Å²) in [4.78, 5) is 1.17. The third kappa shape index (κ3) is 7.03. The lowest BCUT2D eigenvalue weighted by Gasteiger charge is -2.33. The molecule has 98 valence electrons. The highest BCUT2D eigenvalue weighted by Gasteiger charge is 2.32. The van der Waals surface area contributed by atoms with E-state index in [4.69, 9.17) is 0 Å². The maximum Gasteiger partial charge on any atom is 0.401 e. The van der Waals surface area contributed by atoms with Gasteiger partial charge in [-0.2, -0.15) is 13.2 Å². The van der Waals surface area contributed by atoms with Gasteiger partial charge in [0.15, 0.2) is 0 Å². The molecule has 0 spiro atoms. The summed E-state index contributed by atoms with van der Waals surface area (Å²) in [6, 6.07) is 0. The number of hydrogen-bond acceptors (Lipinski definition) is 3. The highest BCUT2D eigenvalue weighted by Crippen LogP contribution is 2.17. The van der Waals surface area contributed by atoms with Crippen LogP contribution in [0.15, 0.2) is 0 Å². The fourth-order valence-corrected chi connectivity index (χ4v) is 1.55. The Balaban J connectivity index is 4.19. The zero-order valence-corrected chi connectivity index (χ0v) is 10.1. The predicted octanol–water partition coefficient (Wildman–Crippen LogP) is 1.23. The molecule has 0 saturated heterocycles. The molecule has 0 radical (unpaired) electrons. The second-order valence-corrected chi connectivity index (χ2v) is 4.43.